The zero-order valence-electron chi connectivity index (χ0n) is 13.0. The molecule has 126 valence electrons. The number of benzene rings is 2. The van der Waals surface area contributed by atoms with Crippen molar-refractivity contribution in [1.82, 2.24) is 9.97 Å². The van der Waals surface area contributed by atoms with Gasteiger partial charge in [-0.25, -0.2) is 9.97 Å². The van der Waals surface area contributed by atoms with Crippen molar-refractivity contribution in [3.63, 3.8) is 0 Å². The van der Waals surface area contributed by atoms with Gasteiger partial charge in [-0.1, -0.05) is 56.1 Å². The molecule has 0 aliphatic carbocycles. The number of hydrogen-bond donors (Lipinski definition) is 0. The molecule has 0 aliphatic rings. The molecule has 3 rings (SSSR count). The van der Waals surface area contributed by atoms with Crippen molar-refractivity contribution in [2.45, 2.75) is 0 Å². The van der Waals surface area contributed by atoms with Crippen molar-refractivity contribution in [3.8, 4) is 22.5 Å². The van der Waals surface area contributed by atoms with Crippen molar-refractivity contribution in [2.24, 2.45) is 10.2 Å². The van der Waals surface area contributed by atoms with Gasteiger partial charge in [-0.05, 0) is 45.6 Å². The van der Waals surface area contributed by atoms with E-state index in [9.17, 15) is 0 Å². The van der Waals surface area contributed by atoms with Crippen LogP contribution < -0.4 is 0 Å². The molecule has 0 spiro atoms. The van der Waals surface area contributed by atoms with E-state index in [0.29, 0.717) is 11.4 Å². The summed E-state index contributed by atoms with van der Waals surface area (Å²) in [6.07, 6.45) is 0. The van der Waals surface area contributed by atoms with Gasteiger partial charge in [0.2, 0.25) is 0 Å². The van der Waals surface area contributed by atoms with E-state index < -0.39 is 0 Å². The Morgan fingerprint density at radius 3 is 1.31 bits per heavy atom. The third-order valence-electron chi connectivity index (χ3n) is 3.37. The van der Waals surface area contributed by atoms with Crippen LogP contribution in [0.1, 0.15) is 0 Å². The van der Waals surface area contributed by atoms with Gasteiger partial charge in [0, 0.05) is 29.9 Å². The molecule has 3 aromatic rings. The maximum atomic E-state index is 8.77. The van der Waals surface area contributed by atoms with E-state index in [4.69, 9.17) is 11.1 Å². The molecule has 0 bridgehead atoms. The van der Waals surface area contributed by atoms with E-state index >= 15 is 0 Å². The summed E-state index contributed by atoms with van der Waals surface area (Å²) in [5, 5.41) is 7.01. The van der Waals surface area contributed by atoms with Crippen LogP contribution in [0.5, 0.6) is 0 Å². The highest BCUT2D eigenvalue weighted by Crippen LogP contribution is 2.36. The second-order valence-corrected chi connectivity index (χ2v) is 6.79. The Morgan fingerprint density at radius 1 is 0.654 bits per heavy atom. The normalized spacial score (nSPS) is 9.92. The molecular weight excluding hydrogens is 464 g/mol. The van der Waals surface area contributed by atoms with Crippen LogP contribution in [0.15, 0.2) is 67.7 Å². The average Bonchev–Trinajstić information content (AvgIpc) is 2.65. The summed E-state index contributed by atoms with van der Waals surface area (Å²) in [6, 6.07) is 14.9. The molecule has 0 saturated carbocycles. The maximum Gasteiger partial charge on any atom is 0.155 e. The van der Waals surface area contributed by atoms with Crippen LogP contribution in [-0.4, -0.2) is 9.97 Å². The van der Waals surface area contributed by atoms with E-state index in [-0.39, 0.29) is 11.6 Å². The summed E-state index contributed by atoms with van der Waals surface area (Å²) < 4.78 is 1.83. The Labute approximate surface area is 164 Å². The standard InChI is InChI=1S/C16H8Br2N8/c17-11-5-1-9(2-6-11)13-14(10-3-7-12(18)8-4-10)22-16(24-26-20)15(21-13)23-25-19/h1-8H. The molecule has 0 radical (unpaired) electrons. The number of nitrogens with zero attached hydrogens (tertiary/aromatic N) is 8. The van der Waals surface area contributed by atoms with E-state index in [2.05, 4.69) is 61.9 Å². The average molecular weight is 472 g/mol. The van der Waals surface area contributed by atoms with Gasteiger partial charge in [0.1, 0.15) is 0 Å². The van der Waals surface area contributed by atoms with Crippen molar-refractivity contribution >= 4 is 43.5 Å². The van der Waals surface area contributed by atoms with E-state index in [1.54, 1.807) is 0 Å². The second kappa shape index (κ2) is 7.99. The predicted molar refractivity (Wildman–Crippen MR) is 106 cm³/mol. The van der Waals surface area contributed by atoms with E-state index in [1.807, 2.05) is 48.5 Å². The van der Waals surface area contributed by atoms with Gasteiger partial charge in [0.05, 0.1) is 11.4 Å². The van der Waals surface area contributed by atoms with Gasteiger partial charge < -0.3 is 0 Å². The monoisotopic (exact) mass is 470 g/mol. The van der Waals surface area contributed by atoms with Gasteiger partial charge in [0.15, 0.2) is 11.6 Å². The Morgan fingerprint density at radius 2 is 1.00 bits per heavy atom. The van der Waals surface area contributed by atoms with Crippen molar-refractivity contribution in [3.05, 3.63) is 78.4 Å². The number of rotatable bonds is 4. The third-order valence-corrected chi connectivity index (χ3v) is 4.43. The fraction of sp³-hybridized carbons (Fsp3) is 0. The first-order chi connectivity index (χ1) is 12.6. The fourth-order valence-electron chi connectivity index (χ4n) is 2.25. The largest absolute Gasteiger partial charge is 0.242 e. The molecule has 2 aromatic carbocycles. The lowest BCUT2D eigenvalue weighted by molar-refractivity contribution is 1.15. The van der Waals surface area contributed by atoms with Gasteiger partial charge in [0.25, 0.3) is 0 Å². The molecule has 0 amide bonds. The number of hydrogen-bond acceptors (Lipinski definition) is 4. The highest BCUT2D eigenvalue weighted by atomic mass is 79.9. The molecule has 8 nitrogen and oxygen atoms in total. The summed E-state index contributed by atoms with van der Waals surface area (Å²) >= 11 is 6.80. The lowest BCUT2D eigenvalue weighted by atomic mass is 10.0. The molecule has 0 saturated heterocycles. The minimum Gasteiger partial charge on any atom is -0.242 e. The van der Waals surface area contributed by atoms with Crippen molar-refractivity contribution in [2.75, 3.05) is 0 Å². The molecular formula is C16H8Br2N8. The summed E-state index contributed by atoms with van der Waals surface area (Å²) in [6.45, 7) is 0. The van der Waals surface area contributed by atoms with Crippen LogP contribution in [0.4, 0.5) is 11.6 Å². The molecule has 0 aliphatic heterocycles. The van der Waals surface area contributed by atoms with Crippen LogP contribution in [0.25, 0.3) is 43.4 Å². The Hall–Kier alpha value is -2.90. The molecule has 1 heterocycles. The number of aromatic nitrogens is 2. The molecule has 1 aromatic heterocycles. The van der Waals surface area contributed by atoms with Gasteiger partial charge >= 0.3 is 0 Å². The smallest absolute Gasteiger partial charge is 0.155 e. The molecule has 0 fully saturated rings. The minimum absolute atomic E-state index is 0.0796. The van der Waals surface area contributed by atoms with Crippen molar-refractivity contribution in [1.29, 1.82) is 0 Å². The van der Waals surface area contributed by atoms with Gasteiger partial charge in [-0.2, -0.15) is 0 Å². The predicted octanol–water partition coefficient (Wildman–Crippen LogP) is 7.22. The molecule has 10 heteroatoms. The first-order valence-corrected chi connectivity index (χ1v) is 8.75. The van der Waals surface area contributed by atoms with Gasteiger partial charge in [-0.3, -0.25) is 0 Å². The molecule has 0 atom stereocenters. The van der Waals surface area contributed by atoms with Gasteiger partial charge in [-0.15, -0.1) is 0 Å². The lowest BCUT2D eigenvalue weighted by Crippen LogP contribution is -1.94. The van der Waals surface area contributed by atoms with E-state index in [0.717, 1.165) is 20.1 Å². The topological polar surface area (TPSA) is 123 Å². The Kier molecular flexibility index (Phi) is 5.50. The third kappa shape index (κ3) is 3.84. The zero-order valence-corrected chi connectivity index (χ0v) is 16.1. The van der Waals surface area contributed by atoms with Crippen LogP contribution in [0.3, 0.4) is 0 Å². The van der Waals surface area contributed by atoms with Crippen LogP contribution in [0, 0.1) is 0 Å². The highest BCUT2D eigenvalue weighted by Gasteiger charge is 2.15. The van der Waals surface area contributed by atoms with Crippen LogP contribution >= 0.6 is 31.9 Å². The summed E-state index contributed by atoms with van der Waals surface area (Å²) in [7, 11) is 0. The lowest BCUT2D eigenvalue weighted by Gasteiger charge is -2.11. The molecule has 0 unspecified atom stereocenters. The second-order valence-electron chi connectivity index (χ2n) is 4.96. The summed E-state index contributed by atoms with van der Waals surface area (Å²) in [5.74, 6) is -0.159. The van der Waals surface area contributed by atoms with E-state index in [1.165, 1.54) is 0 Å². The summed E-state index contributed by atoms with van der Waals surface area (Å²) in [4.78, 5) is 14.3. The SMILES string of the molecule is [N-]=[N+]=Nc1nc(-c2ccc(Br)cc2)c(-c2ccc(Br)cc2)nc1N=[N+]=[N-]. The molecule has 0 N–H and O–H groups in total. The van der Waals surface area contributed by atoms with Crippen LogP contribution in [0.2, 0.25) is 0 Å². The van der Waals surface area contributed by atoms with Crippen molar-refractivity contribution < 1.29 is 0 Å². The number of azide groups is 2. The maximum absolute atomic E-state index is 8.77. The summed E-state index contributed by atoms with van der Waals surface area (Å²) in [5.41, 5.74) is 20.1. The highest BCUT2D eigenvalue weighted by molar-refractivity contribution is 9.10. The first kappa shape index (κ1) is 17.9. The Bertz CT molecular complexity index is 964. The Balaban J connectivity index is 2.32. The molecule has 26 heavy (non-hydrogen) atoms. The first-order valence-electron chi connectivity index (χ1n) is 7.16. The quantitative estimate of drug-likeness (QED) is 0.226. The fourth-order valence-corrected chi connectivity index (χ4v) is 2.78. The zero-order chi connectivity index (χ0) is 18.5. The van der Waals surface area contributed by atoms with Crippen LogP contribution in [-0.2, 0) is 0 Å². The number of halogens is 2. The minimum atomic E-state index is -0.0796.